The normalized spacial score (nSPS) is 18.1. The molecule has 1 aliphatic carbocycles. The number of benzene rings is 2. The quantitative estimate of drug-likeness (QED) is 0.473. The molecule has 2 N–H and O–H groups in total. The lowest BCUT2D eigenvalue weighted by Gasteiger charge is -2.38. The predicted octanol–water partition coefficient (Wildman–Crippen LogP) is 5.09. The molecule has 2 aromatic carbocycles. The minimum absolute atomic E-state index is 0.00764. The molecule has 1 heterocycles. The SMILES string of the molecule is O=C(CSc1ccccc1C(=O)NCC1(c2ccc(F)cc2)CCOCC1)NCC1CCCCC1. The van der Waals surface area contributed by atoms with Crippen LogP contribution in [0.3, 0.4) is 0 Å². The van der Waals surface area contributed by atoms with Gasteiger partial charge in [0.25, 0.3) is 5.91 Å². The Balaban J connectivity index is 1.35. The number of amides is 2. The third-order valence-electron chi connectivity index (χ3n) is 7.30. The van der Waals surface area contributed by atoms with Gasteiger partial charge in [-0.15, -0.1) is 11.8 Å². The van der Waals surface area contributed by atoms with Crippen molar-refractivity contribution in [2.45, 2.75) is 55.3 Å². The van der Waals surface area contributed by atoms with E-state index in [2.05, 4.69) is 10.6 Å². The van der Waals surface area contributed by atoms with Gasteiger partial charge in [0.15, 0.2) is 0 Å². The van der Waals surface area contributed by atoms with Crippen LogP contribution in [0.2, 0.25) is 0 Å². The van der Waals surface area contributed by atoms with E-state index in [1.165, 1.54) is 56.0 Å². The Morgan fingerprint density at radius 1 is 0.971 bits per heavy atom. The fourth-order valence-corrected chi connectivity index (χ4v) is 5.98. The van der Waals surface area contributed by atoms with E-state index in [0.717, 1.165) is 29.8 Å². The second-order valence-corrected chi connectivity index (χ2v) is 10.7. The zero-order valence-electron chi connectivity index (χ0n) is 20.2. The summed E-state index contributed by atoms with van der Waals surface area (Å²) in [4.78, 5) is 26.4. The van der Waals surface area contributed by atoms with Gasteiger partial charge in [-0.25, -0.2) is 4.39 Å². The smallest absolute Gasteiger partial charge is 0.252 e. The van der Waals surface area contributed by atoms with E-state index in [9.17, 15) is 14.0 Å². The molecule has 5 nitrogen and oxygen atoms in total. The number of hydrogen-bond donors (Lipinski definition) is 2. The number of carbonyl (C=O) groups is 2. The second kappa shape index (κ2) is 12.5. The van der Waals surface area contributed by atoms with Crippen LogP contribution < -0.4 is 10.6 Å². The maximum Gasteiger partial charge on any atom is 0.252 e. The molecule has 35 heavy (non-hydrogen) atoms. The first-order valence-electron chi connectivity index (χ1n) is 12.7. The molecule has 0 radical (unpaired) electrons. The van der Waals surface area contributed by atoms with Crippen molar-refractivity contribution < 1.29 is 18.7 Å². The number of ether oxygens (including phenoxy) is 1. The zero-order valence-corrected chi connectivity index (χ0v) is 21.0. The first-order chi connectivity index (χ1) is 17.1. The molecule has 0 spiro atoms. The van der Waals surface area contributed by atoms with E-state index < -0.39 is 0 Å². The van der Waals surface area contributed by atoms with E-state index in [-0.39, 0.29) is 28.8 Å². The molecule has 0 bridgehead atoms. The van der Waals surface area contributed by atoms with Crippen LogP contribution in [0.5, 0.6) is 0 Å². The first kappa shape index (κ1) is 25.7. The van der Waals surface area contributed by atoms with E-state index in [0.29, 0.717) is 31.2 Å². The molecule has 1 saturated carbocycles. The van der Waals surface area contributed by atoms with Gasteiger partial charge in [0.05, 0.1) is 11.3 Å². The van der Waals surface area contributed by atoms with Crippen molar-refractivity contribution in [2.24, 2.45) is 5.92 Å². The maximum absolute atomic E-state index is 13.5. The summed E-state index contributed by atoms with van der Waals surface area (Å²) in [7, 11) is 0. The highest BCUT2D eigenvalue weighted by Crippen LogP contribution is 2.34. The van der Waals surface area contributed by atoms with Gasteiger partial charge in [-0.1, -0.05) is 43.5 Å². The van der Waals surface area contributed by atoms with Crippen LogP contribution in [0.15, 0.2) is 53.4 Å². The highest BCUT2D eigenvalue weighted by atomic mass is 32.2. The van der Waals surface area contributed by atoms with Crippen molar-refractivity contribution in [2.75, 3.05) is 32.1 Å². The Hall–Kier alpha value is -2.38. The second-order valence-electron chi connectivity index (χ2n) is 9.68. The highest BCUT2D eigenvalue weighted by molar-refractivity contribution is 8.00. The maximum atomic E-state index is 13.5. The topological polar surface area (TPSA) is 67.4 Å². The van der Waals surface area contributed by atoms with Gasteiger partial charge in [0, 0.05) is 36.6 Å². The van der Waals surface area contributed by atoms with Crippen molar-refractivity contribution in [1.29, 1.82) is 0 Å². The fraction of sp³-hybridized carbons (Fsp3) is 0.500. The molecule has 0 unspecified atom stereocenters. The molecule has 2 fully saturated rings. The van der Waals surface area contributed by atoms with Gasteiger partial charge in [0.1, 0.15) is 5.82 Å². The summed E-state index contributed by atoms with van der Waals surface area (Å²) in [6.45, 7) is 2.41. The molecule has 0 aromatic heterocycles. The zero-order chi connectivity index (χ0) is 24.5. The lowest BCUT2D eigenvalue weighted by Crippen LogP contribution is -2.44. The van der Waals surface area contributed by atoms with Crippen LogP contribution in [0.1, 0.15) is 60.9 Å². The van der Waals surface area contributed by atoms with Gasteiger partial charge < -0.3 is 15.4 Å². The number of nitrogens with one attached hydrogen (secondary N) is 2. The van der Waals surface area contributed by atoms with E-state index in [4.69, 9.17) is 4.74 Å². The van der Waals surface area contributed by atoms with Crippen LogP contribution in [0, 0.1) is 11.7 Å². The van der Waals surface area contributed by atoms with Crippen LogP contribution in [-0.4, -0.2) is 43.9 Å². The number of thioether (sulfide) groups is 1. The Labute approximate surface area is 211 Å². The van der Waals surface area contributed by atoms with Crippen LogP contribution >= 0.6 is 11.8 Å². The minimum Gasteiger partial charge on any atom is -0.381 e. The van der Waals surface area contributed by atoms with Crippen LogP contribution in [0.4, 0.5) is 4.39 Å². The Kier molecular flexibility index (Phi) is 9.21. The Morgan fingerprint density at radius 2 is 1.69 bits per heavy atom. The third kappa shape index (κ3) is 7.07. The number of carbonyl (C=O) groups excluding carboxylic acids is 2. The summed E-state index contributed by atoms with van der Waals surface area (Å²) in [6.07, 6.45) is 7.73. The Bertz CT molecular complexity index is 986. The summed E-state index contributed by atoms with van der Waals surface area (Å²) in [6, 6.07) is 14.0. The average Bonchev–Trinajstić information content (AvgIpc) is 2.91. The van der Waals surface area contributed by atoms with Crippen LogP contribution in [0.25, 0.3) is 0 Å². The molecule has 1 saturated heterocycles. The first-order valence-corrected chi connectivity index (χ1v) is 13.6. The molecule has 0 atom stereocenters. The lowest BCUT2D eigenvalue weighted by atomic mass is 9.74. The van der Waals surface area contributed by atoms with Crippen molar-refractivity contribution in [3.63, 3.8) is 0 Å². The molecule has 2 amide bonds. The summed E-state index contributed by atoms with van der Waals surface area (Å²) in [5, 5.41) is 6.18. The Morgan fingerprint density at radius 3 is 2.43 bits per heavy atom. The fourth-order valence-electron chi connectivity index (χ4n) is 5.10. The minimum atomic E-state index is -0.289. The van der Waals surface area contributed by atoms with Gasteiger partial charge >= 0.3 is 0 Å². The average molecular weight is 499 g/mol. The summed E-state index contributed by atoms with van der Waals surface area (Å²) in [5.41, 5.74) is 1.29. The molecule has 2 aromatic rings. The summed E-state index contributed by atoms with van der Waals surface area (Å²) < 4.78 is 19.1. The number of halogens is 1. The van der Waals surface area contributed by atoms with Gasteiger partial charge in [-0.05, 0) is 61.4 Å². The van der Waals surface area contributed by atoms with E-state index >= 15 is 0 Å². The number of hydrogen-bond acceptors (Lipinski definition) is 4. The molecule has 188 valence electrons. The standard InChI is InChI=1S/C28H35FN2O3S/c29-23-12-10-22(11-13-23)28(14-16-34-17-15-28)20-31-27(33)24-8-4-5-9-25(24)35-19-26(32)30-18-21-6-2-1-3-7-21/h4-5,8-13,21H,1-3,6-7,14-20H2,(H,30,32)(H,31,33). The third-order valence-corrected chi connectivity index (χ3v) is 8.37. The van der Waals surface area contributed by atoms with Crippen molar-refractivity contribution in [3.8, 4) is 0 Å². The van der Waals surface area contributed by atoms with Crippen molar-refractivity contribution >= 4 is 23.6 Å². The molecular formula is C28H35FN2O3S. The van der Waals surface area contributed by atoms with E-state index in [1.54, 1.807) is 6.07 Å². The molecular weight excluding hydrogens is 463 g/mol. The molecule has 4 rings (SSSR count). The molecule has 1 aliphatic heterocycles. The van der Waals surface area contributed by atoms with E-state index in [1.807, 2.05) is 30.3 Å². The largest absolute Gasteiger partial charge is 0.381 e. The lowest BCUT2D eigenvalue weighted by molar-refractivity contribution is -0.118. The monoisotopic (exact) mass is 498 g/mol. The predicted molar refractivity (Wildman–Crippen MR) is 137 cm³/mol. The van der Waals surface area contributed by atoms with Crippen molar-refractivity contribution in [1.82, 2.24) is 10.6 Å². The molecule has 2 aliphatic rings. The van der Waals surface area contributed by atoms with Gasteiger partial charge in [-0.2, -0.15) is 0 Å². The summed E-state index contributed by atoms with van der Waals surface area (Å²) >= 11 is 1.39. The van der Waals surface area contributed by atoms with Crippen molar-refractivity contribution in [3.05, 3.63) is 65.5 Å². The van der Waals surface area contributed by atoms with Crippen LogP contribution in [-0.2, 0) is 14.9 Å². The number of rotatable bonds is 9. The molecule has 7 heteroatoms. The summed E-state index contributed by atoms with van der Waals surface area (Å²) in [5.74, 6) is 0.452. The van der Waals surface area contributed by atoms with Gasteiger partial charge in [-0.3, -0.25) is 9.59 Å². The van der Waals surface area contributed by atoms with Gasteiger partial charge in [0.2, 0.25) is 5.91 Å². The highest BCUT2D eigenvalue weighted by Gasteiger charge is 2.35.